The van der Waals surface area contributed by atoms with Crippen LogP contribution in [0.2, 0.25) is 0 Å². The van der Waals surface area contributed by atoms with Crippen LogP contribution in [0.15, 0.2) is 28.7 Å². The molecule has 0 aromatic heterocycles. The molecule has 0 unspecified atom stereocenters. The Morgan fingerprint density at radius 3 is 2.76 bits per heavy atom. The lowest BCUT2D eigenvalue weighted by molar-refractivity contribution is -0.134. The second-order valence-corrected chi connectivity index (χ2v) is 5.83. The van der Waals surface area contributed by atoms with Crippen molar-refractivity contribution in [1.82, 2.24) is 15.5 Å². The summed E-state index contributed by atoms with van der Waals surface area (Å²) in [7, 11) is 0. The number of carbonyl (C=O) groups excluding carboxylic acids is 3. The third-order valence-corrected chi connectivity index (χ3v) is 3.85. The maximum Gasteiger partial charge on any atom is 0.325 e. The van der Waals surface area contributed by atoms with Crippen molar-refractivity contribution in [3.8, 4) is 0 Å². The highest BCUT2D eigenvalue weighted by molar-refractivity contribution is 9.10. The number of rotatable bonds is 4. The third kappa shape index (κ3) is 2.92. The molecule has 1 atom stereocenters. The van der Waals surface area contributed by atoms with Crippen LogP contribution in [0, 0.1) is 0 Å². The normalized spacial score (nSPS) is 21.4. The highest BCUT2D eigenvalue weighted by atomic mass is 79.9. The number of amides is 4. The Morgan fingerprint density at radius 2 is 2.14 bits per heavy atom. The average Bonchev–Trinajstić information content (AvgIpc) is 2.64. The smallest absolute Gasteiger partial charge is 0.325 e. The molecule has 1 aliphatic rings. The zero-order chi connectivity index (χ0) is 15.6. The van der Waals surface area contributed by atoms with Crippen molar-refractivity contribution >= 4 is 33.8 Å². The van der Waals surface area contributed by atoms with Crippen LogP contribution < -0.4 is 10.6 Å². The molecule has 1 aliphatic heterocycles. The minimum Gasteiger partial charge on any atom is -0.355 e. The van der Waals surface area contributed by atoms with Crippen LogP contribution >= 0.6 is 15.9 Å². The van der Waals surface area contributed by atoms with E-state index in [1.54, 1.807) is 32.0 Å². The van der Waals surface area contributed by atoms with E-state index >= 15 is 0 Å². The first-order valence-electron chi connectivity index (χ1n) is 6.55. The number of urea groups is 1. The van der Waals surface area contributed by atoms with Gasteiger partial charge in [0.2, 0.25) is 5.91 Å². The molecule has 0 aliphatic carbocycles. The van der Waals surface area contributed by atoms with Crippen molar-refractivity contribution in [3.05, 3.63) is 34.3 Å². The molecule has 0 saturated carbocycles. The lowest BCUT2D eigenvalue weighted by Gasteiger charge is -2.22. The van der Waals surface area contributed by atoms with E-state index < -0.39 is 17.5 Å². The Morgan fingerprint density at radius 1 is 1.43 bits per heavy atom. The zero-order valence-corrected chi connectivity index (χ0v) is 13.4. The van der Waals surface area contributed by atoms with Crippen molar-refractivity contribution in [2.45, 2.75) is 19.4 Å². The molecule has 1 heterocycles. The predicted octanol–water partition coefficient (Wildman–Crippen LogP) is 1.35. The summed E-state index contributed by atoms with van der Waals surface area (Å²) in [4.78, 5) is 37.1. The third-order valence-electron chi connectivity index (χ3n) is 3.35. The number of likely N-dealkylation sites (N-methyl/N-ethyl adjacent to an activating group) is 1. The highest BCUT2D eigenvalue weighted by Crippen LogP contribution is 2.30. The van der Waals surface area contributed by atoms with Gasteiger partial charge >= 0.3 is 6.03 Å². The van der Waals surface area contributed by atoms with Gasteiger partial charge in [-0.05, 0) is 31.5 Å². The lowest BCUT2D eigenvalue weighted by atomic mass is 9.92. The van der Waals surface area contributed by atoms with E-state index in [1.807, 2.05) is 6.07 Å². The minimum absolute atomic E-state index is 0.276. The largest absolute Gasteiger partial charge is 0.355 e. The molecule has 4 amide bonds. The van der Waals surface area contributed by atoms with E-state index in [2.05, 4.69) is 26.6 Å². The SMILES string of the molecule is CCNC(=O)CN1C(=O)N[C@](C)(c2cccc(Br)c2)C1=O. The molecule has 21 heavy (non-hydrogen) atoms. The molecule has 112 valence electrons. The Labute approximate surface area is 131 Å². The van der Waals surface area contributed by atoms with E-state index in [0.29, 0.717) is 12.1 Å². The number of hydrogen-bond acceptors (Lipinski definition) is 3. The summed E-state index contributed by atoms with van der Waals surface area (Å²) in [5, 5.41) is 5.23. The summed E-state index contributed by atoms with van der Waals surface area (Å²) in [6.45, 7) is 3.58. The maximum atomic E-state index is 12.5. The number of halogens is 1. The standard InChI is InChI=1S/C14H16BrN3O3/c1-3-16-11(19)8-18-12(20)14(2,17-13(18)21)9-5-4-6-10(15)7-9/h4-7H,3,8H2,1-2H3,(H,16,19)(H,17,21)/t14-/m1/s1. The summed E-state index contributed by atoms with van der Waals surface area (Å²) in [5.41, 5.74) is -0.499. The predicted molar refractivity (Wildman–Crippen MR) is 80.4 cm³/mol. The first-order chi connectivity index (χ1) is 9.88. The van der Waals surface area contributed by atoms with Gasteiger partial charge in [-0.25, -0.2) is 4.79 Å². The monoisotopic (exact) mass is 353 g/mol. The Bertz CT molecular complexity index is 605. The number of imide groups is 1. The summed E-state index contributed by atoms with van der Waals surface area (Å²) >= 11 is 3.34. The van der Waals surface area contributed by atoms with Crippen molar-refractivity contribution < 1.29 is 14.4 Å². The van der Waals surface area contributed by atoms with Crippen LogP contribution in [-0.4, -0.2) is 35.8 Å². The molecule has 7 heteroatoms. The summed E-state index contributed by atoms with van der Waals surface area (Å²) in [6, 6.07) is 6.59. The van der Waals surface area contributed by atoms with Crippen LogP contribution in [0.3, 0.4) is 0 Å². The molecule has 0 bridgehead atoms. The summed E-state index contributed by atoms with van der Waals surface area (Å²) in [5.74, 6) is -0.795. The molecule has 1 saturated heterocycles. The highest BCUT2D eigenvalue weighted by Gasteiger charge is 2.49. The van der Waals surface area contributed by atoms with Gasteiger partial charge in [-0.15, -0.1) is 0 Å². The molecular weight excluding hydrogens is 338 g/mol. The molecule has 0 radical (unpaired) electrons. The molecule has 1 fully saturated rings. The molecule has 1 aromatic carbocycles. The number of carbonyl (C=O) groups is 3. The molecular formula is C14H16BrN3O3. The van der Waals surface area contributed by atoms with E-state index in [9.17, 15) is 14.4 Å². The van der Waals surface area contributed by atoms with Gasteiger partial charge < -0.3 is 10.6 Å². The Hall–Kier alpha value is -1.89. The molecule has 0 spiro atoms. The van der Waals surface area contributed by atoms with Crippen molar-refractivity contribution in [2.24, 2.45) is 0 Å². The van der Waals surface area contributed by atoms with E-state index in [0.717, 1.165) is 9.37 Å². The topological polar surface area (TPSA) is 78.5 Å². The van der Waals surface area contributed by atoms with Crippen LogP contribution in [0.1, 0.15) is 19.4 Å². The lowest BCUT2D eigenvalue weighted by Crippen LogP contribution is -2.43. The van der Waals surface area contributed by atoms with Crippen LogP contribution in [0.5, 0.6) is 0 Å². The fourth-order valence-corrected chi connectivity index (χ4v) is 2.63. The molecule has 1 aromatic rings. The zero-order valence-electron chi connectivity index (χ0n) is 11.8. The van der Waals surface area contributed by atoms with Gasteiger partial charge in [-0.1, -0.05) is 28.1 Å². The second-order valence-electron chi connectivity index (χ2n) is 4.91. The van der Waals surface area contributed by atoms with Crippen LogP contribution in [0.25, 0.3) is 0 Å². The van der Waals surface area contributed by atoms with E-state index in [1.165, 1.54) is 0 Å². The van der Waals surface area contributed by atoms with Crippen LogP contribution in [0.4, 0.5) is 4.79 Å². The summed E-state index contributed by atoms with van der Waals surface area (Å²) < 4.78 is 0.811. The fraction of sp³-hybridized carbons (Fsp3) is 0.357. The first kappa shape index (κ1) is 15.5. The minimum atomic E-state index is -1.16. The quantitative estimate of drug-likeness (QED) is 0.802. The first-order valence-corrected chi connectivity index (χ1v) is 7.34. The van der Waals surface area contributed by atoms with Crippen molar-refractivity contribution in [3.63, 3.8) is 0 Å². The fourth-order valence-electron chi connectivity index (χ4n) is 2.23. The van der Waals surface area contributed by atoms with Gasteiger partial charge in [-0.3, -0.25) is 14.5 Å². The van der Waals surface area contributed by atoms with Crippen molar-refractivity contribution in [1.29, 1.82) is 0 Å². The van der Waals surface area contributed by atoms with Gasteiger partial charge in [0.1, 0.15) is 12.1 Å². The number of hydrogen-bond donors (Lipinski definition) is 2. The van der Waals surface area contributed by atoms with Gasteiger partial charge in [0.15, 0.2) is 0 Å². The molecule has 2 rings (SSSR count). The van der Waals surface area contributed by atoms with Gasteiger partial charge in [-0.2, -0.15) is 0 Å². The molecule has 2 N–H and O–H groups in total. The average molecular weight is 354 g/mol. The van der Waals surface area contributed by atoms with Crippen molar-refractivity contribution in [2.75, 3.05) is 13.1 Å². The van der Waals surface area contributed by atoms with Crippen LogP contribution in [-0.2, 0) is 15.1 Å². The van der Waals surface area contributed by atoms with Gasteiger partial charge in [0, 0.05) is 11.0 Å². The number of nitrogens with one attached hydrogen (secondary N) is 2. The van der Waals surface area contributed by atoms with E-state index in [4.69, 9.17) is 0 Å². The maximum absolute atomic E-state index is 12.5. The Kier molecular flexibility index (Phi) is 4.32. The van der Waals surface area contributed by atoms with E-state index in [-0.39, 0.29) is 12.5 Å². The van der Waals surface area contributed by atoms with Gasteiger partial charge in [0.05, 0.1) is 0 Å². The number of benzene rings is 1. The molecule has 6 nitrogen and oxygen atoms in total. The number of nitrogens with zero attached hydrogens (tertiary/aromatic N) is 1. The Balaban J connectivity index is 2.26. The van der Waals surface area contributed by atoms with Gasteiger partial charge in [0.25, 0.3) is 5.91 Å². The second kappa shape index (κ2) is 5.85. The summed E-state index contributed by atoms with van der Waals surface area (Å²) in [6.07, 6.45) is 0.